The van der Waals surface area contributed by atoms with Gasteiger partial charge in [0.1, 0.15) is 11.8 Å². The molecule has 1 aromatic heterocycles. The number of hydrogen-bond donors (Lipinski definition) is 1. The van der Waals surface area contributed by atoms with Gasteiger partial charge in [-0.3, -0.25) is 4.68 Å². The smallest absolute Gasteiger partial charge is 0.162 e. The third kappa shape index (κ3) is 2.54. The van der Waals surface area contributed by atoms with E-state index in [9.17, 15) is 5.11 Å². The Hall–Kier alpha value is -1.07. The average Bonchev–Trinajstić information content (AvgIpc) is 2.70. The van der Waals surface area contributed by atoms with Gasteiger partial charge in [-0.05, 0) is 6.92 Å². The van der Waals surface area contributed by atoms with Crippen molar-refractivity contribution in [1.82, 2.24) is 9.78 Å². The zero-order valence-electron chi connectivity index (χ0n) is 10.3. The molecule has 0 saturated heterocycles. The van der Waals surface area contributed by atoms with Crippen LogP contribution in [0.2, 0.25) is 0 Å². The van der Waals surface area contributed by atoms with Crippen molar-refractivity contribution in [3.05, 3.63) is 11.9 Å². The topological polar surface area (TPSA) is 56.5 Å². The molecule has 0 bridgehead atoms. The molecule has 0 spiro atoms. The molecule has 0 amide bonds. The van der Waals surface area contributed by atoms with Gasteiger partial charge in [0.25, 0.3) is 0 Å². The normalized spacial score (nSPS) is 14.8. The Kier molecular flexibility index (Phi) is 4.76. The highest BCUT2D eigenvalue weighted by molar-refractivity contribution is 5.27. The Bertz CT molecular complexity index is 304. The first-order valence-corrected chi connectivity index (χ1v) is 5.42. The highest BCUT2D eigenvalue weighted by atomic mass is 16.5. The molecule has 0 aliphatic carbocycles. The van der Waals surface area contributed by atoms with Crippen molar-refractivity contribution in [2.45, 2.75) is 26.5 Å². The van der Waals surface area contributed by atoms with Crippen molar-refractivity contribution >= 4 is 0 Å². The van der Waals surface area contributed by atoms with Crippen molar-refractivity contribution < 1.29 is 14.6 Å². The van der Waals surface area contributed by atoms with Gasteiger partial charge in [-0.25, -0.2) is 0 Å². The van der Waals surface area contributed by atoms with Crippen LogP contribution >= 0.6 is 0 Å². The van der Waals surface area contributed by atoms with Gasteiger partial charge in [0.2, 0.25) is 0 Å². The average molecular weight is 228 g/mol. The summed E-state index contributed by atoms with van der Waals surface area (Å²) in [7, 11) is 3.20. The SMILES string of the molecule is CCn1ncc(OC)c1C(O)C(C)COC. The predicted molar refractivity (Wildman–Crippen MR) is 60.5 cm³/mol. The standard InChI is InChI=1S/C11H20N2O3/c1-5-13-10(9(16-4)6-12-13)11(14)8(2)7-15-3/h6,8,11,14H,5,7H2,1-4H3. The Morgan fingerprint density at radius 1 is 1.50 bits per heavy atom. The Labute approximate surface area is 96.0 Å². The molecule has 0 fully saturated rings. The maximum atomic E-state index is 10.2. The van der Waals surface area contributed by atoms with Crippen molar-refractivity contribution in [3.63, 3.8) is 0 Å². The van der Waals surface area contributed by atoms with Crippen LogP contribution in [0.25, 0.3) is 0 Å². The largest absolute Gasteiger partial charge is 0.493 e. The van der Waals surface area contributed by atoms with E-state index >= 15 is 0 Å². The molecule has 1 N–H and O–H groups in total. The van der Waals surface area contributed by atoms with E-state index in [-0.39, 0.29) is 5.92 Å². The van der Waals surface area contributed by atoms with Gasteiger partial charge in [0, 0.05) is 19.6 Å². The molecule has 2 unspecified atom stereocenters. The van der Waals surface area contributed by atoms with E-state index in [0.29, 0.717) is 18.9 Å². The molecule has 0 radical (unpaired) electrons. The predicted octanol–water partition coefficient (Wildman–Crippen LogP) is 1.23. The number of aliphatic hydroxyl groups is 1. The van der Waals surface area contributed by atoms with Gasteiger partial charge >= 0.3 is 0 Å². The van der Waals surface area contributed by atoms with Crippen molar-refractivity contribution in [1.29, 1.82) is 0 Å². The quantitative estimate of drug-likeness (QED) is 0.795. The summed E-state index contributed by atoms with van der Waals surface area (Å²) in [6.07, 6.45) is 0.999. The van der Waals surface area contributed by atoms with Crippen LogP contribution in [0.5, 0.6) is 5.75 Å². The summed E-state index contributed by atoms with van der Waals surface area (Å²) in [4.78, 5) is 0. The maximum absolute atomic E-state index is 10.2. The van der Waals surface area contributed by atoms with Gasteiger partial charge in [0.05, 0.1) is 19.9 Å². The molecule has 1 aromatic rings. The summed E-state index contributed by atoms with van der Waals surface area (Å²) in [5.41, 5.74) is 0.717. The van der Waals surface area contributed by atoms with Crippen LogP contribution in [0.15, 0.2) is 6.20 Å². The lowest BCUT2D eigenvalue weighted by Gasteiger charge is -2.19. The molecule has 1 rings (SSSR count). The van der Waals surface area contributed by atoms with Crippen LogP contribution in [-0.4, -0.2) is 35.7 Å². The Morgan fingerprint density at radius 2 is 2.19 bits per heavy atom. The molecule has 5 heteroatoms. The van der Waals surface area contributed by atoms with Crippen LogP contribution in [0.4, 0.5) is 0 Å². The maximum Gasteiger partial charge on any atom is 0.162 e. The molecular formula is C11H20N2O3. The number of aromatic nitrogens is 2. The number of aryl methyl sites for hydroxylation is 1. The zero-order chi connectivity index (χ0) is 12.1. The first kappa shape index (κ1) is 13.0. The number of ether oxygens (including phenoxy) is 2. The van der Waals surface area contributed by atoms with Crippen molar-refractivity contribution in [2.24, 2.45) is 5.92 Å². The van der Waals surface area contributed by atoms with Gasteiger partial charge in [0.15, 0.2) is 5.75 Å². The summed E-state index contributed by atoms with van der Waals surface area (Å²) < 4.78 is 12.0. The highest BCUT2D eigenvalue weighted by Crippen LogP contribution is 2.29. The van der Waals surface area contributed by atoms with E-state index < -0.39 is 6.10 Å². The van der Waals surface area contributed by atoms with E-state index in [2.05, 4.69) is 5.10 Å². The van der Waals surface area contributed by atoms with Crippen LogP contribution in [0, 0.1) is 5.92 Å². The highest BCUT2D eigenvalue weighted by Gasteiger charge is 2.24. The summed E-state index contributed by atoms with van der Waals surface area (Å²) >= 11 is 0. The number of methoxy groups -OCH3 is 2. The fourth-order valence-corrected chi connectivity index (χ4v) is 1.71. The Balaban J connectivity index is 2.95. The third-order valence-electron chi connectivity index (χ3n) is 2.61. The van der Waals surface area contributed by atoms with E-state index in [0.717, 1.165) is 5.69 Å². The minimum atomic E-state index is -0.627. The molecule has 92 valence electrons. The third-order valence-corrected chi connectivity index (χ3v) is 2.61. The molecule has 0 saturated carbocycles. The molecule has 0 aliphatic rings. The molecule has 1 heterocycles. The lowest BCUT2D eigenvalue weighted by molar-refractivity contribution is 0.0496. The second kappa shape index (κ2) is 5.86. The number of hydrogen-bond acceptors (Lipinski definition) is 4. The summed E-state index contributed by atoms with van der Waals surface area (Å²) in [6, 6.07) is 0. The fourth-order valence-electron chi connectivity index (χ4n) is 1.71. The van der Waals surface area contributed by atoms with E-state index in [1.807, 2.05) is 13.8 Å². The monoisotopic (exact) mass is 228 g/mol. The second-order valence-electron chi connectivity index (χ2n) is 3.79. The lowest BCUT2D eigenvalue weighted by Crippen LogP contribution is -2.18. The molecular weight excluding hydrogens is 208 g/mol. The molecule has 0 aliphatic heterocycles. The minimum Gasteiger partial charge on any atom is -0.493 e. The first-order chi connectivity index (χ1) is 7.65. The van der Waals surface area contributed by atoms with Gasteiger partial charge in [-0.1, -0.05) is 6.92 Å². The van der Waals surface area contributed by atoms with Crippen LogP contribution in [0.1, 0.15) is 25.6 Å². The van der Waals surface area contributed by atoms with Crippen LogP contribution < -0.4 is 4.74 Å². The van der Waals surface area contributed by atoms with Gasteiger partial charge < -0.3 is 14.6 Å². The van der Waals surface area contributed by atoms with Crippen LogP contribution in [0.3, 0.4) is 0 Å². The van der Waals surface area contributed by atoms with E-state index in [1.165, 1.54) is 0 Å². The molecule has 2 atom stereocenters. The number of nitrogens with zero attached hydrogens (tertiary/aromatic N) is 2. The minimum absolute atomic E-state index is 0.000833. The fraction of sp³-hybridized carbons (Fsp3) is 0.727. The Morgan fingerprint density at radius 3 is 2.69 bits per heavy atom. The second-order valence-corrected chi connectivity index (χ2v) is 3.79. The molecule has 5 nitrogen and oxygen atoms in total. The van der Waals surface area contributed by atoms with Crippen molar-refractivity contribution in [3.8, 4) is 5.75 Å². The molecule has 0 aromatic carbocycles. The summed E-state index contributed by atoms with van der Waals surface area (Å²) in [5.74, 6) is 0.623. The molecule has 16 heavy (non-hydrogen) atoms. The lowest BCUT2D eigenvalue weighted by atomic mass is 10.0. The van der Waals surface area contributed by atoms with Gasteiger partial charge in [-0.15, -0.1) is 0 Å². The van der Waals surface area contributed by atoms with E-state index in [4.69, 9.17) is 9.47 Å². The van der Waals surface area contributed by atoms with Crippen molar-refractivity contribution in [2.75, 3.05) is 20.8 Å². The summed E-state index contributed by atoms with van der Waals surface area (Å²) in [5, 5.41) is 14.4. The van der Waals surface area contributed by atoms with E-state index in [1.54, 1.807) is 25.1 Å². The summed E-state index contributed by atoms with van der Waals surface area (Å²) in [6.45, 7) is 5.11. The van der Waals surface area contributed by atoms with Crippen LogP contribution in [-0.2, 0) is 11.3 Å². The number of rotatable bonds is 6. The first-order valence-electron chi connectivity index (χ1n) is 5.42. The van der Waals surface area contributed by atoms with Gasteiger partial charge in [-0.2, -0.15) is 5.10 Å². The number of aliphatic hydroxyl groups excluding tert-OH is 1. The zero-order valence-corrected chi connectivity index (χ0v) is 10.3.